The normalized spacial score (nSPS) is 15.2. The average Bonchev–Trinajstić information content (AvgIpc) is 2.61. The Morgan fingerprint density at radius 2 is 2.20 bits per heavy atom. The van der Waals surface area contributed by atoms with Crippen LogP contribution in [0.5, 0.6) is 0 Å². The Balaban J connectivity index is 2.59. The molecule has 0 aliphatic carbocycles. The van der Waals surface area contributed by atoms with Crippen LogP contribution in [0.1, 0.15) is 32.9 Å². The minimum absolute atomic E-state index is 0.324. The van der Waals surface area contributed by atoms with Crippen molar-refractivity contribution in [2.45, 2.75) is 33.6 Å². The van der Waals surface area contributed by atoms with Crippen molar-refractivity contribution in [3.63, 3.8) is 0 Å². The molecule has 3 nitrogen and oxygen atoms in total. The predicted molar refractivity (Wildman–Crippen MR) is 63.9 cm³/mol. The third-order valence-electron chi connectivity index (χ3n) is 3.03. The maximum absolute atomic E-state index is 4.44. The highest BCUT2D eigenvalue weighted by atomic mass is 15.2. The molecule has 1 N–H and O–H groups in total. The lowest BCUT2D eigenvalue weighted by molar-refractivity contribution is 0.289. The molecular weight excluding hydrogens is 186 g/mol. The highest BCUT2D eigenvalue weighted by Crippen LogP contribution is 2.24. The molecule has 1 aromatic rings. The fourth-order valence-electron chi connectivity index (χ4n) is 1.73. The van der Waals surface area contributed by atoms with Crippen molar-refractivity contribution in [1.82, 2.24) is 15.1 Å². The lowest BCUT2D eigenvalue weighted by atomic mass is 9.82. The van der Waals surface area contributed by atoms with Gasteiger partial charge in [-0.3, -0.25) is 4.68 Å². The van der Waals surface area contributed by atoms with Crippen LogP contribution in [0.15, 0.2) is 12.3 Å². The zero-order valence-electron chi connectivity index (χ0n) is 10.4. The minimum Gasteiger partial charge on any atom is -0.316 e. The van der Waals surface area contributed by atoms with Crippen molar-refractivity contribution < 1.29 is 0 Å². The summed E-state index contributed by atoms with van der Waals surface area (Å²) in [7, 11) is 1.97. The molecule has 0 aliphatic rings. The number of aromatic nitrogens is 2. The van der Waals surface area contributed by atoms with Crippen molar-refractivity contribution in [3.8, 4) is 0 Å². The Morgan fingerprint density at radius 1 is 1.47 bits per heavy atom. The molecule has 1 atom stereocenters. The zero-order valence-corrected chi connectivity index (χ0v) is 10.4. The molecule has 3 heteroatoms. The number of rotatable bonds is 6. The second-order valence-electron chi connectivity index (χ2n) is 4.60. The van der Waals surface area contributed by atoms with E-state index in [1.54, 1.807) is 0 Å². The van der Waals surface area contributed by atoms with E-state index in [0.717, 1.165) is 19.5 Å². The van der Waals surface area contributed by atoms with Gasteiger partial charge in [0.25, 0.3) is 0 Å². The number of nitrogens with zero attached hydrogens (tertiary/aromatic N) is 2. The SMILES string of the molecule is CCNCC(C)(CC)Cc1ccn(C)n1. The van der Waals surface area contributed by atoms with E-state index >= 15 is 0 Å². The summed E-state index contributed by atoms with van der Waals surface area (Å²) in [5.74, 6) is 0. The quantitative estimate of drug-likeness (QED) is 0.776. The molecule has 0 fully saturated rings. The van der Waals surface area contributed by atoms with E-state index in [0.29, 0.717) is 5.41 Å². The van der Waals surface area contributed by atoms with Gasteiger partial charge in [0.15, 0.2) is 0 Å². The van der Waals surface area contributed by atoms with E-state index in [9.17, 15) is 0 Å². The van der Waals surface area contributed by atoms with E-state index in [1.165, 1.54) is 12.1 Å². The van der Waals surface area contributed by atoms with Crippen LogP contribution in [0.2, 0.25) is 0 Å². The topological polar surface area (TPSA) is 29.9 Å². The van der Waals surface area contributed by atoms with E-state index in [1.807, 2.05) is 17.9 Å². The lowest BCUT2D eigenvalue weighted by Crippen LogP contribution is -2.33. The number of hydrogen-bond donors (Lipinski definition) is 1. The molecule has 0 spiro atoms. The molecule has 1 unspecified atom stereocenters. The second-order valence-corrected chi connectivity index (χ2v) is 4.60. The van der Waals surface area contributed by atoms with E-state index < -0.39 is 0 Å². The fourth-order valence-corrected chi connectivity index (χ4v) is 1.73. The molecule has 1 heterocycles. The first-order chi connectivity index (χ1) is 7.09. The number of hydrogen-bond acceptors (Lipinski definition) is 2. The maximum atomic E-state index is 4.44. The first kappa shape index (κ1) is 12.2. The molecule has 0 radical (unpaired) electrons. The predicted octanol–water partition coefficient (Wildman–Crippen LogP) is 1.99. The van der Waals surface area contributed by atoms with Crippen LogP contribution in [0, 0.1) is 5.41 Å². The van der Waals surface area contributed by atoms with Crippen LogP contribution in [-0.4, -0.2) is 22.9 Å². The van der Waals surface area contributed by atoms with Crippen molar-refractivity contribution in [2.75, 3.05) is 13.1 Å². The maximum Gasteiger partial charge on any atom is 0.0630 e. The van der Waals surface area contributed by atoms with Crippen LogP contribution in [-0.2, 0) is 13.5 Å². The molecule has 0 bridgehead atoms. The van der Waals surface area contributed by atoms with Gasteiger partial charge in [-0.2, -0.15) is 5.10 Å². The van der Waals surface area contributed by atoms with Gasteiger partial charge < -0.3 is 5.32 Å². The smallest absolute Gasteiger partial charge is 0.0630 e. The summed E-state index contributed by atoms with van der Waals surface area (Å²) in [6, 6.07) is 2.11. The van der Waals surface area contributed by atoms with Gasteiger partial charge in [0.2, 0.25) is 0 Å². The fraction of sp³-hybridized carbons (Fsp3) is 0.750. The first-order valence-electron chi connectivity index (χ1n) is 5.79. The molecule has 15 heavy (non-hydrogen) atoms. The first-order valence-corrected chi connectivity index (χ1v) is 5.79. The molecule has 0 amide bonds. The highest BCUT2D eigenvalue weighted by Gasteiger charge is 2.22. The summed E-state index contributed by atoms with van der Waals surface area (Å²) in [6.07, 6.45) is 4.24. The van der Waals surface area contributed by atoms with Gasteiger partial charge in [-0.05, 0) is 30.9 Å². The Bertz CT molecular complexity index is 293. The van der Waals surface area contributed by atoms with Crippen molar-refractivity contribution in [2.24, 2.45) is 12.5 Å². The van der Waals surface area contributed by atoms with Gasteiger partial charge in [-0.1, -0.05) is 20.8 Å². The standard InChI is InChI=1S/C12H23N3/c1-5-12(3,10-13-6-2)9-11-7-8-15(4)14-11/h7-8,13H,5-6,9-10H2,1-4H3. The van der Waals surface area contributed by atoms with Gasteiger partial charge in [0, 0.05) is 19.8 Å². The van der Waals surface area contributed by atoms with E-state index in [4.69, 9.17) is 0 Å². The third kappa shape index (κ3) is 3.67. The Kier molecular flexibility index (Phi) is 4.33. The van der Waals surface area contributed by atoms with Gasteiger partial charge in [0.05, 0.1) is 5.69 Å². The summed E-state index contributed by atoms with van der Waals surface area (Å²) in [6.45, 7) is 8.83. The van der Waals surface area contributed by atoms with Crippen LogP contribution < -0.4 is 5.32 Å². The monoisotopic (exact) mass is 209 g/mol. The van der Waals surface area contributed by atoms with E-state index in [2.05, 4.69) is 37.3 Å². The van der Waals surface area contributed by atoms with Gasteiger partial charge >= 0.3 is 0 Å². The summed E-state index contributed by atoms with van der Waals surface area (Å²) in [5, 5.41) is 7.87. The van der Waals surface area contributed by atoms with Crippen LogP contribution in [0.3, 0.4) is 0 Å². The van der Waals surface area contributed by atoms with Crippen LogP contribution in [0.4, 0.5) is 0 Å². The van der Waals surface area contributed by atoms with E-state index in [-0.39, 0.29) is 0 Å². The molecule has 0 aromatic carbocycles. The molecular formula is C12H23N3. The average molecular weight is 209 g/mol. The van der Waals surface area contributed by atoms with Crippen molar-refractivity contribution in [3.05, 3.63) is 18.0 Å². The second kappa shape index (κ2) is 5.31. The molecule has 1 rings (SSSR count). The Labute approximate surface area is 92.9 Å². The zero-order chi connectivity index (χ0) is 11.3. The number of aryl methyl sites for hydroxylation is 1. The molecule has 1 aromatic heterocycles. The van der Waals surface area contributed by atoms with Crippen LogP contribution in [0.25, 0.3) is 0 Å². The lowest BCUT2D eigenvalue weighted by Gasteiger charge is -2.27. The van der Waals surface area contributed by atoms with Crippen molar-refractivity contribution >= 4 is 0 Å². The molecule has 0 aliphatic heterocycles. The Morgan fingerprint density at radius 3 is 2.67 bits per heavy atom. The summed E-state index contributed by atoms with van der Waals surface area (Å²) < 4.78 is 1.87. The van der Waals surface area contributed by atoms with Crippen LogP contribution >= 0.6 is 0 Å². The molecule has 0 saturated carbocycles. The van der Waals surface area contributed by atoms with Gasteiger partial charge in [0.1, 0.15) is 0 Å². The summed E-state index contributed by atoms with van der Waals surface area (Å²) >= 11 is 0. The summed E-state index contributed by atoms with van der Waals surface area (Å²) in [5.41, 5.74) is 1.52. The molecule has 0 saturated heterocycles. The molecule has 86 valence electrons. The largest absolute Gasteiger partial charge is 0.316 e. The van der Waals surface area contributed by atoms with Gasteiger partial charge in [-0.25, -0.2) is 0 Å². The number of nitrogens with one attached hydrogen (secondary N) is 1. The summed E-state index contributed by atoms with van der Waals surface area (Å²) in [4.78, 5) is 0. The highest BCUT2D eigenvalue weighted by molar-refractivity contribution is 5.02. The Hall–Kier alpha value is -0.830. The van der Waals surface area contributed by atoms with Crippen molar-refractivity contribution in [1.29, 1.82) is 0 Å². The third-order valence-corrected chi connectivity index (χ3v) is 3.03. The minimum atomic E-state index is 0.324. The van der Waals surface area contributed by atoms with Gasteiger partial charge in [-0.15, -0.1) is 0 Å².